The fraction of sp³-hybridized carbons (Fsp3) is 0.429. The third-order valence-electron chi connectivity index (χ3n) is 12.0. The number of H-pyrrole nitrogens is 2. The fourth-order valence-corrected chi connectivity index (χ4v) is 8.37. The average Bonchev–Trinajstić information content (AvgIpc) is 4.11. The van der Waals surface area contributed by atoms with Crippen LogP contribution in [0, 0.1) is 0 Å². The number of hydrogen-bond donors (Lipinski definition) is 18. The molecule has 0 spiro atoms. The summed E-state index contributed by atoms with van der Waals surface area (Å²) in [7, 11) is 0. The van der Waals surface area contributed by atoms with E-state index >= 15 is 0 Å². The molecule has 8 atom stereocenters. The number of nitrogens with zero attached hydrogens (tertiary/aromatic N) is 3. The first kappa shape index (κ1) is 63.2. The first-order valence-electron chi connectivity index (χ1n) is 24.9. The summed E-state index contributed by atoms with van der Waals surface area (Å²) in [6.07, 6.45) is 3.10. The molecule has 0 fully saturated rings. The molecule has 0 aliphatic rings. The number of aliphatic imine (C=N–C) groups is 2. The molecule has 0 unspecified atom stereocenters. The number of aliphatic carboxylic acids is 2. The second-order valence-corrected chi connectivity index (χ2v) is 18.8. The van der Waals surface area contributed by atoms with E-state index in [9.17, 15) is 53.4 Å². The summed E-state index contributed by atoms with van der Waals surface area (Å²) in [5, 5.41) is 38.0. The van der Waals surface area contributed by atoms with Gasteiger partial charge in [-0.05, 0) is 49.3 Å². The number of nitrogens with one attached hydrogen (secondary N) is 9. The summed E-state index contributed by atoms with van der Waals surface area (Å²) in [5.74, 6) is -9.90. The molecule has 428 valence electrons. The van der Waals surface area contributed by atoms with Gasteiger partial charge in [-0.25, -0.2) is 9.78 Å². The molecule has 30 heteroatoms. The Morgan fingerprint density at radius 1 is 0.557 bits per heavy atom. The first-order chi connectivity index (χ1) is 37.7. The van der Waals surface area contributed by atoms with Crippen LogP contribution in [0.25, 0.3) is 10.9 Å². The molecule has 0 radical (unpaired) electrons. The van der Waals surface area contributed by atoms with E-state index < -0.39 is 114 Å². The average molecular weight is 1140 g/mol. The SMILES string of the molecule is NC(N)=NCCC[C@H](NC(=O)[C@@H](Cc1ccccc1)NC(=O)[C@H](Cc1cnc[nH]1)NC(=O)[C@H](CCC(=O)O)NC(=O)[C@H](CS)NC(=O)[C@@H](N)CCCN=C(N)N)C(=O)N[C@@H](Cc1c[nH]c2ccccc12)C(=O)N[C@@H](CS)C(=O)O. The van der Waals surface area contributed by atoms with Gasteiger partial charge < -0.3 is 86.1 Å². The van der Waals surface area contributed by atoms with Gasteiger partial charge in [-0.3, -0.25) is 48.3 Å². The fourth-order valence-electron chi connectivity index (χ4n) is 7.87. The molecule has 21 N–H and O–H groups in total. The van der Waals surface area contributed by atoms with Gasteiger partial charge in [0.25, 0.3) is 0 Å². The highest BCUT2D eigenvalue weighted by Gasteiger charge is 2.35. The summed E-state index contributed by atoms with van der Waals surface area (Å²) in [5.41, 5.74) is 30.0. The quantitative estimate of drug-likeness (QED) is 0.00936. The predicted octanol–water partition coefficient (Wildman–Crippen LogP) is -3.44. The van der Waals surface area contributed by atoms with Crippen LogP contribution in [-0.2, 0) is 62.4 Å². The number of nitrogens with two attached hydrogens (primary N) is 5. The smallest absolute Gasteiger partial charge is 0.327 e. The Hall–Kier alpha value is -8.38. The van der Waals surface area contributed by atoms with Crippen LogP contribution < -0.4 is 65.9 Å². The number of imidazole rings is 1. The Kier molecular flexibility index (Phi) is 25.9. The van der Waals surface area contributed by atoms with Crippen molar-refractivity contribution in [3.8, 4) is 0 Å². The van der Waals surface area contributed by atoms with Crippen molar-refractivity contribution in [2.75, 3.05) is 24.6 Å². The number of aromatic amines is 2. The monoisotopic (exact) mass is 1140 g/mol. The van der Waals surface area contributed by atoms with Gasteiger partial charge >= 0.3 is 11.9 Å². The molecule has 2 heterocycles. The number of rotatable bonds is 34. The van der Waals surface area contributed by atoms with E-state index in [1.165, 1.54) is 12.5 Å². The zero-order valence-electron chi connectivity index (χ0n) is 42.9. The van der Waals surface area contributed by atoms with Crippen molar-refractivity contribution < 1.29 is 53.4 Å². The van der Waals surface area contributed by atoms with E-state index in [1.807, 2.05) is 0 Å². The number of fused-ring (bicyclic) bond motifs is 1. The van der Waals surface area contributed by atoms with E-state index in [4.69, 9.17) is 28.7 Å². The lowest BCUT2D eigenvalue weighted by molar-refractivity contribution is -0.141. The van der Waals surface area contributed by atoms with Crippen molar-refractivity contribution in [1.82, 2.24) is 52.2 Å². The number of thiol groups is 2. The van der Waals surface area contributed by atoms with Crippen LogP contribution in [0.1, 0.15) is 55.3 Å². The molecular weight excluding hydrogens is 1070 g/mol. The standard InChI is InChI=1S/C49H69N17O11S2/c50-30(11-6-16-56-48(51)52)40(69)65-37(23-78)46(75)61-33(14-15-39(67)68)42(71)64-36(20-28-22-55-25-59-28)45(74)62-34(18-26-8-2-1-3-9-26)43(72)60-32(13-7-17-57-49(53)54)41(70)63-35(44(73)66-38(24-79)47(76)77)19-27-21-58-31-12-5-4-10-29(27)31/h1-5,8-10,12,21-22,25,30,32-38,58,78-79H,6-7,11,13-20,23-24,50H2,(H,55,59)(H,60,72)(H,61,75)(H,62,74)(H,63,70)(H,64,71)(H,65,69)(H,66,73)(H,67,68)(H,76,77)(H4,51,52,56)(H4,53,54,57)/t30-,32-,33-,34+,35-,36-,37-,38-/m0/s1. The molecule has 0 aliphatic carbocycles. The summed E-state index contributed by atoms with van der Waals surface area (Å²) >= 11 is 8.25. The van der Waals surface area contributed by atoms with Gasteiger partial charge in [0.1, 0.15) is 42.3 Å². The highest BCUT2D eigenvalue weighted by Crippen LogP contribution is 2.20. The minimum atomic E-state index is -1.61. The largest absolute Gasteiger partial charge is 0.481 e. The van der Waals surface area contributed by atoms with Crippen molar-refractivity contribution in [2.45, 2.75) is 106 Å². The molecular formula is C49H69N17O11S2. The lowest BCUT2D eigenvalue weighted by Gasteiger charge is -2.28. The van der Waals surface area contributed by atoms with Gasteiger partial charge in [0.2, 0.25) is 41.4 Å². The summed E-state index contributed by atoms with van der Waals surface area (Å²) in [6, 6.07) is 4.28. The van der Waals surface area contributed by atoms with Crippen LogP contribution in [0.5, 0.6) is 0 Å². The van der Waals surface area contributed by atoms with Crippen molar-refractivity contribution in [1.29, 1.82) is 0 Å². The lowest BCUT2D eigenvalue weighted by Crippen LogP contribution is -2.61. The first-order valence-corrected chi connectivity index (χ1v) is 26.2. The Balaban J connectivity index is 1.64. The van der Waals surface area contributed by atoms with Crippen LogP contribution in [-0.4, -0.2) is 163 Å². The lowest BCUT2D eigenvalue weighted by atomic mass is 10.0. The number of carbonyl (C=O) groups excluding carboxylic acids is 7. The van der Waals surface area contributed by atoms with Crippen molar-refractivity contribution in [3.63, 3.8) is 0 Å². The number of hydrogen-bond acceptors (Lipinski definition) is 15. The van der Waals surface area contributed by atoms with E-state index in [2.05, 4.69) is 87.4 Å². The third-order valence-corrected chi connectivity index (χ3v) is 12.8. The molecule has 4 aromatic rings. The minimum Gasteiger partial charge on any atom is -0.481 e. The number of carbonyl (C=O) groups is 9. The minimum absolute atomic E-state index is 0.0113. The number of amides is 7. The second-order valence-electron chi connectivity index (χ2n) is 18.1. The highest BCUT2D eigenvalue weighted by molar-refractivity contribution is 7.80. The number of aromatic nitrogens is 3. The van der Waals surface area contributed by atoms with E-state index in [0.717, 1.165) is 10.9 Å². The number of benzene rings is 2. The Morgan fingerprint density at radius 3 is 1.58 bits per heavy atom. The van der Waals surface area contributed by atoms with E-state index in [-0.39, 0.29) is 75.0 Å². The van der Waals surface area contributed by atoms with Crippen molar-refractivity contribution in [2.24, 2.45) is 38.7 Å². The van der Waals surface area contributed by atoms with E-state index in [0.29, 0.717) is 23.2 Å². The molecule has 2 aromatic carbocycles. The normalized spacial score (nSPS) is 14.0. The predicted molar refractivity (Wildman–Crippen MR) is 298 cm³/mol. The Bertz CT molecular complexity index is 2760. The van der Waals surface area contributed by atoms with Crippen LogP contribution >= 0.6 is 25.3 Å². The van der Waals surface area contributed by atoms with Gasteiger partial charge in [0.05, 0.1) is 12.4 Å². The Morgan fingerprint density at radius 2 is 1.04 bits per heavy atom. The van der Waals surface area contributed by atoms with Crippen molar-refractivity contribution >= 4 is 101 Å². The van der Waals surface area contributed by atoms with Crippen LogP contribution in [0.4, 0.5) is 0 Å². The zero-order valence-corrected chi connectivity index (χ0v) is 44.7. The maximum atomic E-state index is 14.7. The molecule has 0 saturated heterocycles. The van der Waals surface area contributed by atoms with Crippen LogP contribution in [0.2, 0.25) is 0 Å². The van der Waals surface area contributed by atoms with Crippen molar-refractivity contribution in [3.05, 3.63) is 90.1 Å². The maximum absolute atomic E-state index is 14.7. The van der Waals surface area contributed by atoms with Gasteiger partial charge in [-0.1, -0.05) is 48.5 Å². The third kappa shape index (κ3) is 21.5. The molecule has 7 amide bonds. The molecule has 28 nitrogen and oxygen atoms in total. The van der Waals surface area contributed by atoms with Gasteiger partial charge in [-0.15, -0.1) is 0 Å². The van der Waals surface area contributed by atoms with Crippen LogP contribution in [0.3, 0.4) is 0 Å². The summed E-state index contributed by atoms with van der Waals surface area (Å²) in [4.78, 5) is 140. The van der Waals surface area contributed by atoms with Crippen LogP contribution in [0.15, 0.2) is 83.3 Å². The molecule has 0 saturated carbocycles. The molecule has 0 bridgehead atoms. The molecule has 4 rings (SSSR count). The maximum Gasteiger partial charge on any atom is 0.327 e. The molecule has 79 heavy (non-hydrogen) atoms. The van der Waals surface area contributed by atoms with Gasteiger partial charge in [-0.2, -0.15) is 25.3 Å². The summed E-state index contributed by atoms with van der Waals surface area (Å²) in [6.45, 7) is 0.203. The zero-order chi connectivity index (χ0) is 58.0. The summed E-state index contributed by atoms with van der Waals surface area (Å²) < 4.78 is 0. The molecule has 2 aromatic heterocycles. The van der Waals surface area contributed by atoms with E-state index in [1.54, 1.807) is 60.8 Å². The second kappa shape index (κ2) is 32.4. The highest BCUT2D eigenvalue weighted by atomic mass is 32.1. The molecule has 0 aliphatic heterocycles. The van der Waals surface area contributed by atoms with Gasteiger partial charge in [0, 0.05) is 79.3 Å². The topological polar surface area (TPSA) is 478 Å². The Labute approximate surface area is 464 Å². The number of carboxylic acid groups (broad SMARTS) is 2. The number of para-hydroxylation sites is 1. The van der Waals surface area contributed by atoms with Gasteiger partial charge in [0.15, 0.2) is 11.9 Å². The number of guanidine groups is 2. The number of carboxylic acids is 2.